The Morgan fingerprint density at radius 1 is 1.50 bits per heavy atom. The third-order valence-electron chi connectivity index (χ3n) is 1.71. The van der Waals surface area contributed by atoms with Crippen LogP contribution in [-0.2, 0) is 20.4 Å². The van der Waals surface area contributed by atoms with Crippen LogP contribution in [0.1, 0.15) is 5.69 Å². The number of carbonyl (C=O) groups excluding carboxylic acids is 1. The number of hydrogen-bond acceptors (Lipinski definition) is 5. The van der Waals surface area contributed by atoms with Crippen LogP contribution in [0, 0.1) is 0 Å². The molecule has 5 nitrogen and oxygen atoms in total. The van der Waals surface area contributed by atoms with Gasteiger partial charge in [0.05, 0.1) is 13.2 Å². The normalized spacial score (nSPS) is 11.6. The molecule has 0 aliphatic carbocycles. The predicted octanol–water partition coefficient (Wildman–Crippen LogP) is 1.76. The monoisotopic (exact) mass is 284 g/mol. The predicted molar refractivity (Wildman–Crippen MR) is 58.4 cm³/mol. The van der Waals surface area contributed by atoms with Crippen LogP contribution in [0.25, 0.3) is 0 Å². The van der Waals surface area contributed by atoms with Crippen LogP contribution < -0.4 is 5.32 Å². The Kier molecular flexibility index (Phi) is 5.51. The molecular formula is C9H11F3N2O3S. The summed E-state index contributed by atoms with van der Waals surface area (Å²) in [6, 6.07) is 0. The first kappa shape index (κ1) is 14.9. The number of rotatable bonds is 6. The highest BCUT2D eigenvalue weighted by Gasteiger charge is 2.33. The van der Waals surface area contributed by atoms with Crippen molar-refractivity contribution in [3.8, 4) is 0 Å². The van der Waals surface area contributed by atoms with Gasteiger partial charge in [0, 0.05) is 12.5 Å². The SMILES string of the molecule is COCCOCC(=O)Nc1nc(C(F)(F)F)cs1. The van der Waals surface area contributed by atoms with Crippen molar-refractivity contribution < 1.29 is 27.4 Å². The summed E-state index contributed by atoms with van der Waals surface area (Å²) in [5.41, 5.74) is -1.02. The molecule has 0 unspecified atom stereocenters. The van der Waals surface area contributed by atoms with E-state index >= 15 is 0 Å². The van der Waals surface area contributed by atoms with Gasteiger partial charge < -0.3 is 9.47 Å². The van der Waals surface area contributed by atoms with E-state index in [4.69, 9.17) is 9.47 Å². The summed E-state index contributed by atoms with van der Waals surface area (Å²) in [4.78, 5) is 14.5. The summed E-state index contributed by atoms with van der Waals surface area (Å²) < 4.78 is 46.2. The summed E-state index contributed by atoms with van der Waals surface area (Å²) in [7, 11) is 1.48. The average molecular weight is 284 g/mol. The first-order valence-corrected chi connectivity index (χ1v) is 5.70. The lowest BCUT2D eigenvalue weighted by Crippen LogP contribution is -2.19. The van der Waals surface area contributed by atoms with Crippen LogP contribution in [0.3, 0.4) is 0 Å². The first-order chi connectivity index (χ1) is 8.43. The highest BCUT2D eigenvalue weighted by molar-refractivity contribution is 7.13. The number of anilines is 1. The molecule has 0 spiro atoms. The summed E-state index contributed by atoms with van der Waals surface area (Å²) >= 11 is 0.705. The van der Waals surface area contributed by atoms with E-state index in [2.05, 4.69) is 10.3 Å². The highest BCUT2D eigenvalue weighted by atomic mass is 32.1. The third kappa shape index (κ3) is 4.98. The number of aromatic nitrogens is 1. The lowest BCUT2D eigenvalue weighted by Gasteiger charge is -2.03. The number of nitrogens with one attached hydrogen (secondary N) is 1. The van der Waals surface area contributed by atoms with Gasteiger partial charge in [0.2, 0.25) is 0 Å². The van der Waals surface area contributed by atoms with Gasteiger partial charge in [-0.15, -0.1) is 11.3 Å². The fraction of sp³-hybridized carbons (Fsp3) is 0.556. The van der Waals surface area contributed by atoms with Crippen molar-refractivity contribution in [1.82, 2.24) is 4.98 Å². The van der Waals surface area contributed by atoms with Crippen molar-refractivity contribution in [3.63, 3.8) is 0 Å². The topological polar surface area (TPSA) is 60.5 Å². The number of ether oxygens (including phenoxy) is 2. The van der Waals surface area contributed by atoms with Gasteiger partial charge in [-0.05, 0) is 0 Å². The lowest BCUT2D eigenvalue weighted by atomic mass is 10.5. The van der Waals surface area contributed by atoms with Crippen LogP contribution in [0.2, 0.25) is 0 Å². The van der Waals surface area contributed by atoms with E-state index in [9.17, 15) is 18.0 Å². The standard InChI is InChI=1S/C9H11F3N2O3S/c1-16-2-3-17-4-7(15)14-8-13-6(5-18-8)9(10,11)12/h5H,2-4H2,1H3,(H,13,14,15). The molecule has 1 rings (SSSR count). The zero-order chi connectivity index (χ0) is 13.6. The van der Waals surface area contributed by atoms with E-state index in [-0.39, 0.29) is 18.3 Å². The molecule has 0 bridgehead atoms. The van der Waals surface area contributed by atoms with Crippen LogP contribution in [0.4, 0.5) is 18.3 Å². The molecule has 0 radical (unpaired) electrons. The Bertz CT molecular complexity index is 395. The molecule has 1 heterocycles. The molecule has 1 aromatic rings. The molecule has 18 heavy (non-hydrogen) atoms. The van der Waals surface area contributed by atoms with Gasteiger partial charge in [-0.2, -0.15) is 13.2 Å². The second-order valence-corrected chi connectivity index (χ2v) is 3.99. The quantitative estimate of drug-likeness (QED) is 0.809. The van der Waals surface area contributed by atoms with Gasteiger partial charge in [-0.3, -0.25) is 10.1 Å². The van der Waals surface area contributed by atoms with Gasteiger partial charge >= 0.3 is 6.18 Å². The number of halogens is 3. The largest absolute Gasteiger partial charge is 0.434 e. The second kappa shape index (κ2) is 6.66. The van der Waals surface area contributed by atoms with E-state index in [1.165, 1.54) is 7.11 Å². The maximum Gasteiger partial charge on any atom is 0.434 e. The van der Waals surface area contributed by atoms with Gasteiger partial charge in [-0.25, -0.2) is 4.98 Å². The van der Waals surface area contributed by atoms with Gasteiger partial charge in [-0.1, -0.05) is 0 Å². The summed E-state index contributed by atoms with van der Waals surface area (Å²) in [5, 5.41) is 2.94. The Morgan fingerprint density at radius 3 is 2.78 bits per heavy atom. The molecule has 0 aliphatic heterocycles. The maximum absolute atomic E-state index is 12.2. The molecule has 0 aromatic carbocycles. The zero-order valence-electron chi connectivity index (χ0n) is 9.41. The van der Waals surface area contributed by atoms with Crippen molar-refractivity contribution in [1.29, 1.82) is 0 Å². The van der Waals surface area contributed by atoms with E-state index in [0.717, 1.165) is 5.38 Å². The van der Waals surface area contributed by atoms with Crippen molar-refractivity contribution >= 4 is 22.4 Å². The fourth-order valence-corrected chi connectivity index (χ4v) is 1.66. The first-order valence-electron chi connectivity index (χ1n) is 4.82. The Balaban J connectivity index is 2.38. The smallest absolute Gasteiger partial charge is 0.382 e. The Hall–Kier alpha value is -1.19. The molecule has 0 saturated heterocycles. The molecular weight excluding hydrogens is 273 g/mol. The molecule has 1 amide bonds. The third-order valence-corrected chi connectivity index (χ3v) is 2.46. The molecule has 0 aliphatic rings. The van der Waals surface area contributed by atoms with Crippen LogP contribution in [0.15, 0.2) is 5.38 Å². The van der Waals surface area contributed by atoms with Gasteiger partial charge in [0.25, 0.3) is 5.91 Å². The number of hydrogen-bond donors (Lipinski definition) is 1. The maximum atomic E-state index is 12.2. The minimum Gasteiger partial charge on any atom is -0.382 e. The minimum atomic E-state index is -4.51. The number of nitrogens with zero attached hydrogens (tertiary/aromatic N) is 1. The second-order valence-electron chi connectivity index (χ2n) is 3.13. The van der Waals surface area contributed by atoms with Crippen molar-refractivity contribution in [2.24, 2.45) is 0 Å². The fourth-order valence-electron chi connectivity index (χ4n) is 0.924. The molecule has 102 valence electrons. The van der Waals surface area contributed by atoms with Crippen molar-refractivity contribution in [2.45, 2.75) is 6.18 Å². The Labute approximate surface area is 105 Å². The van der Waals surface area contributed by atoms with Crippen LogP contribution in [-0.4, -0.2) is 37.8 Å². The minimum absolute atomic E-state index is 0.109. The number of carbonyl (C=O) groups is 1. The molecule has 0 atom stereocenters. The lowest BCUT2D eigenvalue weighted by molar-refractivity contribution is -0.140. The number of amides is 1. The summed E-state index contributed by atoms with van der Waals surface area (Å²) in [6.45, 7) is 0.308. The molecule has 0 fully saturated rings. The van der Waals surface area contributed by atoms with Gasteiger partial charge in [0.1, 0.15) is 6.61 Å². The zero-order valence-corrected chi connectivity index (χ0v) is 10.2. The molecule has 1 N–H and O–H groups in total. The van der Waals surface area contributed by atoms with E-state index in [1.54, 1.807) is 0 Å². The van der Waals surface area contributed by atoms with E-state index < -0.39 is 17.8 Å². The molecule has 1 aromatic heterocycles. The van der Waals surface area contributed by atoms with Gasteiger partial charge in [0.15, 0.2) is 10.8 Å². The van der Waals surface area contributed by atoms with E-state index in [0.29, 0.717) is 17.9 Å². The number of methoxy groups -OCH3 is 1. The molecule has 9 heteroatoms. The number of thiazole rings is 1. The van der Waals surface area contributed by atoms with E-state index in [1.807, 2.05) is 0 Å². The molecule has 0 saturated carbocycles. The number of alkyl halides is 3. The van der Waals surface area contributed by atoms with Crippen molar-refractivity contribution in [2.75, 3.05) is 32.2 Å². The Morgan fingerprint density at radius 2 is 2.22 bits per heavy atom. The van der Waals surface area contributed by atoms with Crippen LogP contribution in [0.5, 0.6) is 0 Å². The summed E-state index contributed by atoms with van der Waals surface area (Å²) in [6.07, 6.45) is -4.51. The average Bonchev–Trinajstić information content (AvgIpc) is 2.72. The highest BCUT2D eigenvalue weighted by Crippen LogP contribution is 2.31. The summed E-state index contributed by atoms with van der Waals surface area (Å²) in [5.74, 6) is -0.561. The van der Waals surface area contributed by atoms with Crippen molar-refractivity contribution in [3.05, 3.63) is 11.1 Å². The van der Waals surface area contributed by atoms with Crippen LogP contribution >= 0.6 is 11.3 Å².